The molecule has 156 valence electrons. The number of hydrazine groups is 1. The number of anilines is 1. The van der Waals surface area contributed by atoms with Gasteiger partial charge in [-0.05, 0) is 61.2 Å². The fourth-order valence-corrected chi connectivity index (χ4v) is 4.01. The van der Waals surface area contributed by atoms with Crippen LogP contribution < -0.4 is 25.0 Å². The first-order chi connectivity index (χ1) is 13.9. The van der Waals surface area contributed by atoms with Gasteiger partial charge in [-0.3, -0.25) is 15.6 Å². The molecule has 1 amide bonds. The first-order valence-electron chi connectivity index (χ1n) is 9.29. The number of ether oxygens (including phenoxy) is 2. The summed E-state index contributed by atoms with van der Waals surface area (Å²) in [5, 5.41) is 0. The Morgan fingerprint density at radius 2 is 1.72 bits per heavy atom. The average molecular weight is 420 g/mol. The summed E-state index contributed by atoms with van der Waals surface area (Å²) in [5.41, 5.74) is 6.95. The fourth-order valence-electron chi connectivity index (χ4n) is 2.70. The second-order valence-corrected chi connectivity index (χ2v) is 8.50. The Morgan fingerprint density at radius 3 is 2.34 bits per heavy atom. The van der Waals surface area contributed by atoms with E-state index in [9.17, 15) is 13.2 Å². The van der Waals surface area contributed by atoms with Crippen molar-refractivity contribution in [2.24, 2.45) is 0 Å². The zero-order valence-electron chi connectivity index (χ0n) is 16.4. The molecule has 0 unspecified atom stereocenters. The number of amides is 1. The van der Waals surface area contributed by atoms with Gasteiger partial charge in [0.1, 0.15) is 0 Å². The van der Waals surface area contributed by atoms with Gasteiger partial charge in [-0.1, -0.05) is 6.07 Å². The number of nitrogens with one attached hydrogen (secondary N) is 3. The van der Waals surface area contributed by atoms with E-state index in [4.69, 9.17) is 9.47 Å². The zero-order valence-corrected chi connectivity index (χ0v) is 17.2. The Bertz CT molecular complexity index is 957. The predicted molar refractivity (Wildman–Crippen MR) is 109 cm³/mol. The summed E-state index contributed by atoms with van der Waals surface area (Å²) in [6.45, 7) is 0. The van der Waals surface area contributed by atoms with Crippen LogP contribution in [0.25, 0.3) is 0 Å². The molecule has 1 fully saturated rings. The lowest BCUT2D eigenvalue weighted by Crippen LogP contribution is -2.29. The number of rotatable bonds is 10. The normalized spacial score (nSPS) is 13.6. The van der Waals surface area contributed by atoms with E-state index in [0.29, 0.717) is 23.6 Å². The third-order valence-corrected chi connectivity index (χ3v) is 6.04. The van der Waals surface area contributed by atoms with Gasteiger partial charge in [-0.2, -0.15) is 0 Å². The van der Waals surface area contributed by atoms with Crippen LogP contribution >= 0.6 is 0 Å². The molecule has 29 heavy (non-hydrogen) atoms. The molecule has 8 nitrogen and oxygen atoms in total. The molecule has 9 heteroatoms. The van der Waals surface area contributed by atoms with E-state index >= 15 is 0 Å². The summed E-state index contributed by atoms with van der Waals surface area (Å²) < 4.78 is 37.4. The molecule has 0 radical (unpaired) electrons. The highest BCUT2D eigenvalue weighted by molar-refractivity contribution is 7.89. The molecular weight excluding hydrogens is 394 g/mol. The maximum Gasteiger partial charge on any atom is 0.240 e. The van der Waals surface area contributed by atoms with E-state index in [1.54, 1.807) is 32.4 Å². The van der Waals surface area contributed by atoms with E-state index in [2.05, 4.69) is 15.6 Å². The first kappa shape index (κ1) is 20.9. The van der Waals surface area contributed by atoms with E-state index in [1.165, 1.54) is 12.1 Å². The minimum Gasteiger partial charge on any atom is -0.493 e. The van der Waals surface area contributed by atoms with Crippen molar-refractivity contribution >= 4 is 21.6 Å². The van der Waals surface area contributed by atoms with Crippen molar-refractivity contribution in [3.8, 4) is 11.5 Å². The molecular formula is C20H25N3O5S. The van der Waals surface area contributed by atoms with Gasteiger partial charge >= 0.3 is 0 Å². The standard InChI is InChI=1S/C20H25N3O5S/c1-27-18-11-3-14(13-19(18)28-2)4-12-20(24)22-21-15-7-9-17(10-8-15)29(25,26)23-16-5-6-16/h3,7-11,13,16,21,23H,4-6,12H2,1-2H3,(H,22,24). The Balaban J connectivity index is 1.48. The molecule has 3 rings (SSSR count). The van der Waals surface area contributed by atoms with E-state index in [-0.39, 0.29) is 23.3 Å². The van der Waals surface area contributed by atoms with Gasteiger partial charge in [0, 0.05) is 12.5 Å². The number of sulfonamides is 1. The molecule has 1 saturated carbocycles. The largest absolute Gasteiger partial charge is 0.493 e. The van der Waals surface area contributed by atoms with Crippen LogP contribution in [-0.2, 0) is 21.2 Å². The Hall–Kier alpha value is -2.78. The lowest BCUT2D eigenvalue weighted by molar-refractivity contribution is -0.120. The van der Waals surface area contributed by atoms with Crippen molar-refractivity contribution in [3.05, 3.63) is 48.0 Å². The van der Waals surface area contributed by atoms with Crippen LogP contribution in [0.4, 0.5) is 5.69 Å². The number of carbonyl (C=O) groups is 1. The molecule has 1 aliphatic rings. The Labute approximate surface area is 170 Å². The molecule has 0 bridgehead atoms. The molecule has 2 aromatic rings. The highest BCUT2D eigenvalue weighted by Crippen LogP contribution is 2.28. The summed E-state index contributed by atoms with van der Waals surface area (Å²) in [4.78, 5) is 12.3. The SMILES string of the molecule is COc1ccc(CCC(=O)NNc2ccc(S(=O)(=O)NC3CC3)cc2)cc1OC. The molecule has 2 aromatic carbocycles. The van der Waals surface area contributed by atoms with Crippen molar-refractivity contribution in [3.63, 3.8) is 0 Å². The number of benzene rings is 2. The second kappa shape index (κ2) is 9.15. The van der Waals surface area contributed by atoms with Gasteiger partial charge in [0.05, 0.1) is 24.8 Å². The summed E-state index contributed by atoms with van der Waals surface area (Å²) in [6, 6.07) is 11.8. The molecule has 3 N–H and O–H groups in total. The topological polar surface area (TPSA) is 106 Å². The van der Waals surface area contributed by atoms with Crippen molar-refractivity contribution in [2.45, 2.75) is 36.6 Å². The third-order valence-electron chi connectivity index (χ3n) is 4.50. The quantitative estimate of drug-likeness (QED) is 0.510. The molecule has 0 aliphatic heterocycles. The minimum absolute atomic E-state index is 0.0581. The number of carbonyl (C=O) groups excluding carboxylic acids is 1. The summed E-state index contributed by atoms with van der Waals surface area (Å²) in [6.07, 6.45) is 2.58. The van der Waals surface area contributed by atoms with Crippen LogP contribution in [0.3, 0.4) is 0 Å². The summed E-state index contributed by atoms with van der Waals surface area (Å²) >= 11 is 0. The lowest BCUT2D eigenvalue weighted by atomic mass is 10.1. The minimum atomic E-state index is -3.48. The molecule has 0 spiro atoms. The van der Waals surface area contributed by atoms with Gasteiger partial charge in [0.25, 0.3) is 0 Å². The number of hydrogen-bond donors (Lipinski definition) is 3. The molecule has 1 aliphatic carbocycles. The van der Waals surface area contributed by atoms with E-state index in [1.807, 2.05) is 12.1 Å². The van der Waals surface area contributed by atoms with Crippen molar-refractivity contribution < 1.29 is 22.7 Å². The van der Waals surface area contributed by atoms with Crippen LogP contribution in [0.2, 0.25) is 0 Å². The molecule has 0 saturated heterocycles. The maximum atomic E-state index is 12.1. The van der Waals surface area contributed by atoms with Crippen LogP contribution in [0.15, 0.2) is 47.4 Å². The number of aryl methyl sites for hydroxylation is 1. The van der Waals surface area contributed by atoms with Gasteiger partial charge in [-0.25, -0.2) is 13.1 Å². The first-order valence-corrected chi connectivity index (χ1v) is 10.8. The summed E-state index contributed by atoms with van der Waals surface area (Å²) in [7, 11) is -0.342. The monoisotopic (exact) mass is 419 g/mol. The van der Waals surface area contributed by atoms with Gasteiger partial charge in [-0.15, -0.1) is 0 Å². The predicted octanol–water partition coefficient (Wildman–Crippen LogP) is 2.22. The van der Waals surface area contributed by atoms with Crippen LogP contribution in [-0.4, -0.2) is 34.6 Å². The van der Waals surface area contributed by atoms with Gasteiger partial charge in [0.2, 0.25) is 15.9 Å². The van der Waals surface area contributed by atoms with Crippen molar-refractivity contribution in [2.75, 3.05) is 19.6 Å². The van der Waals surface area contributed by atoms with Crippen LogP contribution in [0.5, 0.6) is 11.5 Å². The maximum absolute atomic E-state index is 12.1. The third kappa shape index (κ3) is 5.85. The van der Waals surface area contributed by atoms with Crippen LogP contribution in [0, 0.1) is 0 Å². The second-order valence-electron chi connectivity index (χ2n) is 6.78. The van der Waals surface area contributed by atoms with Gasteiger partial charge in [0.15, 0.2) is 11.5 Å². The Kier molecular flexibility index (Phi) is 6.60. The molecule has 0 atom stereocenters. The number of hydrogen-bond acceptors (Lipinski definition) is 6. The zero-order chi connectivity index (χ0) is 20.9. The van der Waals surface area contributed by atoms with Gasteiger partial charge < -0.3 is 9.47 Å². The average Bonchev–Trinajstić information content (AvgIpc) is 3.54. The lowest BCUT2D eigenvalue weighted by Gasteiger charge is -2.11. The molecule has 0 aromatic heterocycles. The smallest absolute Gasteiger partial charge is 0.240 e. The van der Waals surface area contributed by atoms with Crippen molar-refractivity contribution in [1.29, 1.82) is 0 Å². The fraction of sp³-hybridized carbons (Fsp3) is 0.350. The number of methoxy groups -OCH3 is 2. The highest BCUT2D eigenvalue weighted by Gasteiger charge is 2.27. The highest BCUT2D eigenvalue weighted by atomic mass is 32.2. The van der Waals surface area contributed by atoms with Crippen molar-refractivity contribution in [1.82, 2.24) is 10.1 Å². The van der Waals surface area contributed by atoms with E-state index < -0.39 is 10.0 Å². The van der Waals surface area contributed by atoms with Crippen LogP contribution in [0.1, 0.15) is 24.8 Å². The van der Waals surface area contributed by atoms with E-state index in [0.717, 1.165) is 18.4 Å². The molecule has 0 heterocycles. The summed E-state index contributed by atoms with van der Waals surface area (Å²) in [5.74, 6) is 1.07. The Morgan fingerprint density at radius 1 is 1.03 bits per heavy atom.